The minimum Gasteiger partial charge on any atom is -0.383 e. The van der Waals surface area contributed by atoms with Gasteiger partial charge in [-0.3, -0.25) is 4.79 Å². The van der Waals surface area contributed by atoms with Gasteiger partial charge in [-0.05, 0) is 25.7 Å². The molecule has 1 amide bonds. The van der Waals surface area contributed by atoms with Crippen molar-refractivity contribution in [1.29, 1.82) is 0 Å². The number of halogens is 3. The number of nitrogens with zero attached hydrogens (tertiary/aromatic N) is 1. The van der Waals surface area contributed by atoms with Crippen LogP contribution in [0.5, 0.6) is 0 Å². The Balaban J connectivity index is 2.49. The third kappa shape index (κ3) is 6.24. The number of amides is 1. The predicted molar refractivity (Wildman–Crippen MR) is 64.7 cm³/mol. The van der Waals surface area contributed by atoms with Crippen LogP contribution < -0.4 is 5.32 Å². The van der Waals surface area contributed by atoms with E-state index in [1.807, 2.05) is 0 Å². The van der Waals surface area contributed by atoms with Crippen molar-refractivity contribution in [2.24, 2.45) is 5.92 Å². The molecule has 0 aromatic rings. The van der Waals surface area contributed by atoms with Crippen molar-refractivity contribution >= 4 is 5.91 Å². The van der Waals surface area contributed by atoms with E-state index in [0.717, 1.165) is 17.7 Å². The minimum absolute atomic E-state index is 0.0868. The summed E-state index contributed by atoms with van der Waals surface area (Å²) in [5.41, 5.74) is 0. The first-order valence-electron chi connectivity index (χ1n) is 6.41. The van der Waals surface area contributed by atoms with Crippen LogP contribution in [0, 0.1) is 5.92 Å². The van der Waals surface area contributed by atoms with Crippen LogP contribution in [0.3, 0.4) is 0 Å². The Kier molecular flexibility index (Phi) is 6.06. The average molecular weight is 282 g/mol. The van der Waals surface area contributed by atoms with Crippen LogP contribution in [-0.2, 0) is 9.53 Å². The molecule has 1 atom stereocenters. The van der Waals surface area contributed by atoms with E-state index in [2.05, 4.69) is 5.32 Å². The molecule has 0 radical (unpaired) electrons. The molecule has 1 fully saturated rings. The molecule has 1 aliphatic rings. The quantitative estimate of drug-likeness (QED) is 0.684. The van der Waals surface area contributed by atoms with Crippen molar-refractivity contribution in [2.45, 2.75) is 32.0 Å². The largest absolute Gasteiger partial charge is 0.406 e. The molecule has 4 nitrogen and oxygen atoms in total. The zero-order valence-electron chi connectivity index (χ0n) is 11.3. The molecule has 0 bridgehead atoms. The maximum absolute atomic E-state index is 12.5. The maximum atomic E-state index is 12.5. The number of hydrogen-bond acceptors (Lipinski definition) is 3. The maximum Gasteiger partial charge on any atom is 0.406 e. The average Bonchev–Trinajstić information content (AvgIpc) is 3.13. The molecule has 1 unspecified atom stereocenters. The number of rotatable bonds is 8. The van der Waals surface area contributed by atoms with Gasteiger partial charge in [0.05, 0.1) is 13.2 Å². The molecule has 112 valence electrons. The van der Waals surface area contributed by atoms with Crippen LogP contribution in [0.15, 0.2) is 0 Å². The van der Waals surface area contributed by atoms with Crippen LogP contribution in [-0.4, -0.2) is 56.4 Å². The van der Waals surface area contributed by atoms with E-state index >= 15 is 0 Å². The molecular formula is C12H21F3N2O2. The summed E-state index contributed by atoms with van der Waals surface area (Å²) in [6.07, 6.45) is -2.55. The molecule has 0 aromatic heterocycles. The van der Waals surface area contributed by atoms with E-state index in [9.17, 15) is 18.0 Å². The second-order valence-corrected chi connectivity index (χ2v) is 4.88. The van der Waals surface area contributed by atoms with E-state index in [1.165, 1.54) is 7.11 Å². The van der Waals surface area contributed by atoms with Gasteiger partial charge in [-0.25, -0.2) is 0 Å². The molecule has 0 spiro atoms. The Hall–Kier alpha value is -0.820. The van der Waals surface area contributed by atoms with Crippen molar-refractivity contribution in [1.82, 2.24) is 10.2 Å². The van der Waals surface area contributed by atoms with Gasteiger partial charge in [0.2, 0.25) is 5.91 Å². The fraction of sp³-hybridized carbons (Fsp3) is 0.917. The number of carbonyl (C=O) groups is 1. The van der Waals surface area contributed by atoms with Crippen molar-refractivity contribution in [3.05, 3.63) is 0 Å². The van der Waals surface area contributed by atoms with Gasteiger partial charge in [-0.1, -0.05) is 0 Å². The van der Waals surface area contributed by atoms with Gasteiger partial charge in [0.25, 0.3) is 0 Å². The molecule has 1 rings (SSSR count). The summed E-state index contributed by atoms with van der Waals surface area (Å²) in [4.78, 5) is 12.8. The lowest BCUT2D eigenvalue weighted by Crippen LogP contribution is -2.48. The molecule has 0 saturated heterocycles. The number of hydrogen-bond donors (Lipinski definition) is 1. The highest BCUT2D eigenvalue weighted by Gasteiger charge is 2.40. The van der Waals surface area contributed by atoms with Gasteiger partial charge in [-0.2, -0.15) is 13.2 Å². The first-order chi connectivity index (χ1) is 8.85. The summed E-state index contributed by atoms with van der Waals surface area (Å²) in [5.74, 6) is -0.293. The van der Waals surface area contributed by atoms with Gasteiger partial charge < -0.3 is 15.0 Å². The number of carbonyl (C=O) groups excluding carboxylic acids is 1. The number of nitrogens with one attached hydrogen (secondary N) is 1. The third-order valence-electron chi connectivity index (χ3n) is 3.23. The lowest BCUT2D eigenvalue weighted by atomic mass is 10.1. The Morgan fingerprint density at radius 1 is 1.47 bits per heavy atom. The van der Waals surface area contributed by atoms with Crippen molar-refractivity contribution < 1.29 is 22.7 Å². The van der Waals surface area contributed by atoms with E-state index < -0.39 is 18.6 Å². The SMILES string of the molecule is COCCNCC(=O)N(CC(F)(F)F)C(C)C1CC1. The number of alkyl halides is 3. The van der Waals surface area contributed by atoms with E-state index in [0.29, 0.717) is 13.2 Å². The first kappa shape index (κ1) is 16.2. The van der Waals surface area contributed by atoms with Crippen molar-refractivity contribution in [3.63, 3.8) is 0 Å². The Labute approximate surface area is 111 Å². The van der Waals surface area contributed by atoms with Gasteiger partial charge in [0, 0.05) is 19.7 Å². The topological polar surface area (TPSA) is 41.6 Å². The van der Waals surface area contributed by atoms with Crippen LogP contribution in [0.2, 0.25) is 0 Å². The number of ether oxygens (including phenoxy) is 1. The monoisotopic (exact) mass is 282 g/mol. The van der Waals surface area contributed by atoms with Crippen LogP contribution in [0.25, 0.3) is 0 Å². The second-order valence-electron chi connectivity index (χ2n) is 4.88. The molecule has 1 aliphatic carbocycles. The summed E-state index contributed by atoms with van der Waals surface area (Å²) in [5, 5.41) is 2.78. The summed E-state index contributed by atoms with van der Waals surface area (Å²) in [7, 11) is 1.52. The minimum atomic E-state index is -4.36. The fourth-order valence-electron chi connectivity index (χ4n) is 1.96. The van der Waals surface area contributed by atoms with Crippen molar-refractivity contribution in [2.75, 3.05) is 33.4 Å². The second kappa shape index (κ2) is 7.09. The zero-order valence-corrected chi connectivity index (χ0v) is 11.3. The van der Waals surface area contributed by atoms with Crippen LogP contribution in [0.1, 0.15) is 19.8 Å². The Bertz CT molecular complexity index is 293. The molecule has 0 aromatic carbocycles. The molecular weight excluding hydrogens is 261 g/mol. The zero-order chi connectivity index (χ0) is 14.5. The highest BCUT2D eigenvalue weighted by molar-refractivity contribution is 5.78. The fourth-order valence-corrected chi connectivity index (χ4v) is 1.96. The van der Waals surface area contributed by atoms with E-state index in [1.54, 1.807) is 6.92 Å². The van der Waals surface area contributed by atoms with E-state index in [4.69, 9.17) is 4.74 Å². The number of methoxy groups -OCH3 is 1. The van der Waals surface area contributed by atoms with E-state index in [-0.39, 0.29) is 18.5 Å². The summed E-state index contributed by atoms with van der Waals surface area (Å²) < 4.78 is 42.3. The lowest BCUT2D eigenvalue weighted by Gasteiger charge is -2.30. The lowest BCUT2D eigenvalue weighted by molar-refractivity contribution is -0.165. The highest BCUT2D eigenvalue weighted by atomic mass is 19.4. The predicted octanol–water partition coefficient (Wildman–Crippen LogP) is 1.41. The normalized spacial score (nSPS) is 17.3. The Morgan fingerprint density at radius 3 is 2.58 bits per heavy atom. The Morgan fingerprint density at radius 2 is 2.11 bits per heavy atom. The third-order valence-corrected chi connectivity index (χ3v) is 3.23. The van der Waals surface area contributed by atoms with Gasteiger partial charge in [-0.15, -0.1) is 0 Å². The van der Waals surface area contributed by atoms with Gasteiger partial charge >= 0.3 is 6.18 Å². The summed E-state index contributed by atoms with van der Waals surface area (Å²) in [6, 6.07) is -0.349. The highest BCUT2D eigenvalue weighted by Crippen LogP contribution is 2.36. The molecule has 0 heterocycles. The first-order valence-corrected chi connectivity index (χ1v) is 6.41. The molecule has 0 aliphatic heterocycles. The van der Waals surface area contributed by atoms with Crippen LogP contribution >= 0.6 is 0 Å². The summed E-state index contributed by atoms with van der Waals surface area (Å²) >= 11 is 0. The molecule has 7 heteroatoms. The summed E-state index contributed by atoms with van der Waals surface area (Å²) in [6.45, 7) is 1.30. The molecule has 19 heavy (non-hydrogen) atoms. The smallest absolute Gasteiger partial charge is 0.383 e. The van der Waals surface area contributed by atoms with Crippen molar-refractivity contribution in [3.8, 4) is 0 Å². The van der Waals surface area contributed by atoms with Gasteiger partial charge in [0.15, 0.2) is 0 Å². The molecule has 1 saturated carbocycles. The standard InChI is InChI=1S/C12H21F3N2O2/c1-9(10-3-4-10)17(8-12(13,14)15)11(18)7-16-5-6-19-2/h9-10,16H,3-8H2,1-2H3. The molecule has 1 N–H and O–H groups in total. The van der Waals surface area contributed by atoms with Gasteiger partial charge in [0.1, 0.15) is 6.54 Å². The van der Waals surface area contributed by atoms with Crippen LogP contribution in [0.4, 0.5) is 13.2 Å².